The Morgan fingerprint density at radius 2 is 2.32 bits per heavy atom. The minimum Gasteiger partial charge on any atom is -0.393 e. The molecule has 6 heteroatoms. The minimum absolute atomic E-state index is 0.143. The maximum atomic E-state index is 9.69. The molecule has 2 atom stereocenters. The molecule has 102 valence electrons. The van der Waals surface area contributed by atoms with E-state index in [0.717, 1.165) is 48.3 Å². The maximum absolute atomic E-state index is 9.69. The minimum atomic E-state index is -0.143. The quantitative estimate of drug-likeness (QED) is 0.854. The topological polar surface area (TPSA) is 58.0 Å². The standard InChI is InChI=1S/C13H16ClN3OS/c14-13-16-11(10-4-5-19-12(10)17-13)15-7-8-2-1-3-9(18)6-8/h4-5,8-9,18H,1-3,6-7H2,(H,15,16,17). The highest BCUT2D eigenvalue weighted by Crippen LogP contribution is 2.28. The van der Waals surface area contributed by atoms with Crippen molar-refractivity contribution in [3.63, 3.8) is 0 Å². The van der Waals surface area contributed by atoms with Crippen LogP contribution in [-0.2, 0) is 0 Å². The van der Waals surface area contributed by atoms with Gasteiger partial charge in [0.25, 0.3) is 0 Å². The van der Waals surface area contributed by atoms with Crippen LogP contribution >= 0.6 is 22.9 Å². The van der Waals surface area contributed by atoms with Gasteiger partial charge in [-0.15, -0.1) is 11.3 Å². The second-order valence-electron chi connectivity index (χ2n) is 5.05. The van der Waals surface area contributed by atoms with Crippen LogP contribution in [0.3, 0.4) is 0 Å². The molecule has 2 N–H and O–H groups in total. The van der Waals surface area contributed by atoms with Crippen molar-refractivity contribution in [2.24, 2.45) is 5.92 Å². The van der Waals surface area contributed by atoms with Gasteiger partial charge < -0.3 is 10.4 Å². The Morgan fingerprint density at radius 1 is 1.42 bits per heavy atom. The molecule has 2 heterocycles. The summed E-state index contributed by atoms with van der Waals surface area (Å²) in [6, 6.07) is 2.01. The van der Waals surface area contributed by atoms with Crippen molar-refractivity contribution in [3.8, 4) is 0 Å². The van der Waals surface area contributed by atoms with Gasteiger partial charge in [-0.2, -0.15) is 0 Å². The van der Waals surface area contributed by atoms with E-state index in [1.807, 2.05) is 11.4 Å². The van der Waals surface area contributed by atoms with Crippen LogP contribution in [0.15, 0.2) is 11.4 Å². The number of hydrogen-bond donors (Lipinski definition) is 2. The zero-order valence-corrected chi connectivity index (χ0v) is 12.0. The number of anilines is 1. The first-order valence-electron chi connectivity index (χ1n) is 6.55. The molecule has 1 aliphatic carbocycles. The number of aliphatic hydroxyl groups is 1. The fraction of sp³-hybridized carbons (Fsp3) is 0.538. The largest absolute Gasteiger partial charge is 0.393 e. The molecule has 19 heavy (non-hydrogen) atoms. The lowest BCUT2D eigenvalue weighted by molar-refractivity contribution is 0.104. The van der Waals surface area contributed by atoms with Crippen LogP contribution in [0, 0.1) is 5.92 Å². The number of aromatic nitrogens is 2. The summed E-state index contributed by atoms with van der Waals surface area (Å²) in [5, 5.41) is 16.3. The lowest BCUT2D eigenvalue weighted by Gasteiger charge is -2.26. The van der Waals surface area contributed by atoms with E-state index >= 15 is 0 Å². The SMILES string of the molecule is OC1CCCC(CNc2nc(Cl)nc3sccc23)C1. The van der Waals surface area contributed by atoms with Gasteiger partial charge in [-0.3, -0.25) is 0 Å². The number of thiophene rings is 1. The summed E-state index contributed by atoms with van der Waals surface area (Å²) in [4.78, 5) is 9.37. The van der Waals surface area contributed by atoms with Crippen molar-refractivity contribution in [2.45, 2.75) is 31.8 Å². The first kappa shape index (κ1) is 13.1. The van der Waals surface area contributed by atoms with Crippen LogP contribution in [0.4, 0.5) is 5.82 Å². The molecule has 0 aromatic carbocycles. The van der Waals surface area contributed by atoms with Crippen molar-refractivity contribution in [2.75, 3.05) is 11.9 Å². The van der Waals surface area contributed by atoms with Gasteiger partial charge in [-0.25, -0.2) is 9.97 Å². The molecule has 3 rings (SSSR count). The molecule has 0 saturated heterocycles. The Bertz CT molecular complexity index is 574. The molecule has 0 bridgehead atoms. The van der Waals surface area contributed by atoms with Crippen molar-refractivity contribution in [1.82, 2.24) is 9.97 Å². The summed E-state index contributed by atoms with van der Waals surface area (Å²) in [6.45, 7) is 0.829. The first-order chi connectivity index (χ1) is 9.22. The summed E-state index contributed by atoms with van der Waals surface area (Å²) >= 11 is 7.49. The second kappa shape index (κ2) is 5.61. The average molecular weight is 298 g/mol. The Balaban J connectivity index is 1.72. The van der Waals surface area contributed by atoms with E-state index in [4.69, 9.17) is 11.6 Å². The van der Waals surface area contributed by atoms with Gasteiger partial charge in [0.2, 0.25) is 5.28 Å². The molecule has 0 spiro atoms. The van der Waals surface area contributed by atoms with Gasteiger partial charge in [0.1, 0.15) is 10.6 Å². The molecule has 1 saturated carbocycles. The number of halogens is 1. The van der Waals surface area contributed by atoms with Crippen LogP contribution in [0.1, 0.15) is 25.7 Å². The first-order valence-corrected chi connectivity index (χ1v) is 7.81. The summed E-state index contributed by atoms with van der Waals surface area (Å²) in [6.07, 6.45) is 3.93. The number of nitrogens with one attached hydrogen (secondary N) is 1. The third-order valence-electron chi connectivity index (χ3n) is 3.61. The molecule has 2 unspecified atom stereocenters. The van der Waals surface area contributed by atoms with Crippen LogP contribution in [0.25, 0.3) is 10.2 Å². The predicted molar refractivity (Wildman–Crippen MR) is 78.9 cm³/mol. The zero-order chi connectivity index (χ0) is 13.2. The van der Waals surface area contributed by atoms with Gasteiger partial charge in [0.05, 0.1) is 11.5 Å². The molecule has 0 amide bonds. The van der Waals surface area contributed by atoms with E-state index in [9.17, 15) is 5.11 Å². The van der Waals surface area contributed by atoms with E-state index in [1.165, 1.54) is 0 Å². The number of aliphatic hydroxyl groups excluding tert-OH is 1. The molecule has 0 aliphatic heterocycles. The Labute approximate surface area is 120 Å². The van der Waals surface area contributed by atoms with Crippen molar-refractivity contribution in [3.05, 3.63) is 16.7 Å². The van der Waals surface area contributed by atoms with Gasteiger partial charge in [0.15, 0.2) is 0 Å². The molecule has 2 aromatic rings. The summed E-state index contributed by atoms with van der Waals surface area (Å²) in [5.41, 5.74) is 0. The Morgan fingerprint density at radius 3 is 3.16 bits per heavy atom. The molecule has 1 fully saturated rings. The maximum Gasteiger partial charge on any atom is 0.225 e. The molecule has 4 nitrogen and oxygen atoms in total. The third-order valence-corrected chi connectivity index (χ3v) is 4.59. The van der Waals surface area contributed by atoms with Crippen molar-refractivity contribution >= 4 is 39.0 Å². The summed E-state index contributed by atoms with van der Waals surface area (Å²) < 4.78 is 0. The van der Waals surface area contributed by atoms with Gasteiger partial charge in [0, 0.05) is 6.54 Å². The van der Waals surface area contributed by atoms with E-state index in [1.54, 1.807) is 11.3 Å². The van der Waals surface area contributed by atoms with E-state index in [-0.39, 0.29) is 11.4 Å². The predicted octanol–water partition coefficient (Wildman–Crippen LogP) is 3.31. The molecular weight excluding hydrogens is 282 g/mol. The molecule has 2 aromatic heterocycles. The normalized spacial score (nSPS) is 23.7. The van der Waals surface area contributed by atoms with Crippen molar-refractivity contribution in [1.29, 1.82) is 0 Å². The van der Waals surface area contributed by atoms with Crippen molar-refractivity contribution < 1.29 is 5.11 Å². The zero-order valence-electron chi connectivity index (χ0n) is 10.5. The van der Waals surface area contributed by atoms with Crippen LogP contribution < -0.4 is 5.32 Å². The van der Waals surface area contributed by atoms with Gasteiger partial charge in [-0.05, 0) is 48.2 Å². The average Bonchev–Trinajstić information content (AvgIpc) is 2.84. The third kappa shape index (κ3) is 2.99. The van der Waals surface area contributed by atoms with E-state index in [2.05, 4.69) is 15.3 Å². The second-order valence-corrected chi connectivity index (χ2v) is 6.28. The highest BCUT2D eigenvalue weighted by molar-refractivity contribution is 7.16. The number of nitrogens with zero attached hydrogens (tertiary/aromatic N) is 2. The van der Waals surface area contributed by atoms with Crippen LogP contribution in [0.2, 0.25) is 5.28 Å². The smallest absolute Gasteiger partial charge is 0.225 e. The number of rotatable bonds is 3. The molecule has 0 radical (unpaired) electrons. The van der Waals surface area contributed by atoms with Gasteiger partial charge >= 0.3 is 0 Å². The van der Waals surface area contributed by atoms with E-state index in [0.29, 0.717) is 5.92 Å². The van der Waals surface area contributed by atoms with E-state index < -0.39 is 0 Å². The monoisotopic (exact) mass is 297 g/mol. The van der Waals surface area contributed by atoms with Gasteiger partial charge in [-0.1, -0.05) is 6.42 Å². The fourth-order valence-corrected chi connectivity index (χ4v) is 3.64. The molecule has 1 aliphatic rings. The number of hydrogen-bond acceptors (Lipinski definition) is 5. The van der Waals surface area contributed by atoms with Crippen LogP contribution in [-0.4, -0.2) is 27.7 Å². The Kier molecular flexibility index (Phi) is 3.86. The number of fused-ring (bicyclic) bond motifs is 1. The Hall–Kier alpha value is -0.910. The fourth-order valence-electron chi connectivity index (χ4n) is 2.65. The summed E-state index contributed by atoms with van der Waals surface area (Å²) in [5.74, 6) is 1.31. The molecular formula is C13H16ClN3OS. The summed E-state index contributed by atoms with van der Waals surface area (Å²) in [7, 11) is 0. The lowest BCUT2D eigenvalue weighted by Crippen LogP contribution is -2.25. The highest BCUT2D eigenvalue weighted by Gasteiger charge is 2.20. The van der Waals surface area contributed by atoms with Crippen LogP contribution in [0.5, 0.6) is 0 Å². The lowest BCUT2D eigenvalue weighted by atomic mass is 9.87. The highest BCUT2D eigenvalue weighted by atomic mass is 35.5.